The Morgan fingerprint density at radius 1 is 1.03 bits per heavy atom. The maximum atomic E-state index is 12.8. The van der Waals surface area contributed by atoms with E-state index in [0.717, 1.165) is 10.6 Å². The maximum absolute atomic E-state index is 12.8. The fraction of sp³-hybridized carbons (Fsp3) is 0.182. The summed E-state index contributed by atoms with van der Waals surface area (Å²) in [5, 5.41) is 7.65. The van der Waals surface area contributed by atoms with Crippen LogP contribution in [0.5, 0.6) is 5.75 Å². The summed E-state index contributed by atoms with van der Waals surface area (Å²) in [5.41, 5.74) is 1.31. The number of rotatable bonds is 9. The van der Waals surface area contributed by atoms with Gasteiger partial charge >= 0.3 is 0 Å². The molecule has 0 atom stereocenters. The van der Waals surface area contributed by atoms with Crippen LogP contribution < -0.4 is 15.4 Å². The van der Waals surface area contributed by atoms with Gasteiger partial charge in [-0.3, -0.25) is 9.59 Å². The minimum atomic E-state index is -0.165. The summed E-state index contributed by atoms with van der Waals surface area (Å²) in [6.07, 6.45) is 0. The van der Waals surface area contributed by atoms with E-state index in [1.165, 1.54) is 4.88 Å². The Morgan fingerprint density at radius 2 is 1.83 bits per heavy atom. The van der Waals surface area contributed by atoms with Gasteiger partial charge in [-0.15, -0.1) is 23.1 Å². The molecular weight excluding hydrogens is 404 g/mol. The van der Waals surface area contributed by atoms with Crippen molar-refractivity contribution in [2.45, 2.75) is 17.6 Å². The predicted molar refractivity (Wildman–Crippen MR) is 119 cm³/mol. The zero-order chi connectivity index (χ0) is 20.5. The highest BCUT2D eigenvalue weighted by molar-refractivity contribution is 7.98. The predicted octanol–water partition coefficient (Wildman–Crippen LogP) is 4.81. The quantitative estimate of drug-likeness (QED) is 0.482. The van der Waals surface area contributed by atoms with E-state index in [4.69, 9.17) is 4.74 Å². The molecule has 0 aliphatic heterocycles. The largest absolute Gasteiger partial charge is 0.484 e. The summed E-state index contributed by atoms with van der Waals surface area (Å²) < 4.78 is 5.42. The summed E-state index contributed by atoms with van der Waals surface area (Å²) in [5.74, 6) is 1.08. The Kier molecular flexibility index (Phi) is 7.72. The SMILES string of the molecule is CCNC(=O)COc1ccc(NC(=O)c2ccccc2SCc2cccs2)cc1. The number of anilines is 1. The van der Waals surface area contributed by atoms with Crippen molar-refractivity contribution in [3.63, 3.8) is 0 Å². The first-order chi connectivity index (χ1) is 14.2. The van der Waals surface area contributed by atoms with Crippen molar-refractivity contribution < 1.29 is 14.3 Å². The molecule has 29 heavy (non-hydrogen) atoms. The van der Waals surface area contributed by atoms with Crippen molar-refractivity contribution in [1.82, 2.24) is 5.32 Å². The van der Waals surface area contributed by atoms with Crippen LogP contribution in [-0.2, 0) is 10.5 Å². The molecule has 0 saturated heterocycles. The van der Waals surface area contributed by atoms with Crippen molar-refractivity contribution >= 4 is 40.6 Å². The lowest BCUT2D eigenvalue weighted by atomic mass is 10.2. The number of thioether (sulfide) groups is 1. The highest BCUT2D eigenvalue weighted by atomic mass is 32.2. The fourth-order valence-corrected chi connectivity index (χ4v) is 4.38. The molecule has 2 aromatic carbocycles. The lowest BCUT2D eigenvalue weighted by Gasteiger charge is -2.11. The van der Waals surface area contributed by atoms with E-state index in [0.29, 0.717) is 23.5 Å². The van der Waals surface area contributed by atoms with Crippen molar-refractivity contribution in [3.8, 4) is 5.75 Å². The third kappa shape index (κ3) is 6.37. The summed E-state index contributed by atoms with van der Waals surface area (Å²) in [6, 6.07) is 18.7. The Hall–Kier alpha value is -2.77. The van der Waals surface area contributed by atoms with Gasteiger partial charge in [-0.1, -0.05) is 18.2 Å². The molecule has 0 aliphatic rings. The molecular formula is C22H22N2O3S2. The van der Waals surface area contributed by atoms with Gasteiger partial charge in [0.2, 0.25) is 0 Å². The van der Waals surface area contributed by atoms with Crippen LogP contribution in [0, 0.1) is 0 Å². The monoisotopic (exact) mass is 426 g/mol. The van der Waals surface area contributed by atoms with Crippen LogP contribution in [0.2, 0.25) is 0 Å². The normalized spacial score (nSPS) is 10.4. The molecule has 0 spiro atoms. The molecule has 0 aliphatic carbocycles. The van der Waals surface area contributed by atoms with Gasteiger partial charge in [-0.2, -0.15) is 0 Å². The van der Waals surface area contributed by atoms with Crippen molar-refractivity contribution in [1.29, 1.82) is 0 Å². The third-order valence-corrected chi connectivity index (χ3v) is 6.12. The number of carbonyl (C=O) groups excluding carboxylic acids is 2. The van der Waals surface area contributed by atoms with Gasteiger partial charge in [0, 0.05) is 27.8 Å². The number of ether oxygens (including phenoxy) is 1. The number of nitrogens with one attached hydrogen (secondary N) is 2. The number of hydrogen-bond acceptors (Lipinski definition) is 5. The lowest BCUT2D eigenvalue weighted by Crippen LogP contribution is -2.28. The van der Waals surface area contributed by atoms with E-state index in [-0.39, 0.29) is 18.4 Å². The van der Waals surface area contributed by atoms with E-state index in [9.17, 15) is 9.59 Å². The number of likely N-dealkylation sites (N-methyl/N-ethyl adjacent to an activating group) is 1. The fourth-order valence-electron chi connectivity index (χ4n) is 2.55. The second-order valence-electron chi connectivity index (χ2n) is 6.08. The van der Waals surface area contributed by atoms with Crippen LogP contribution in [0.15, 0.2) is 70.9 Å². The molecule has 3 aromatic rings. The van der Waals surface area contributed by atoms with Crippen LogP contribution in [-0.4, -0.2) is 25.0 Å². The minimum absolute atomic E-state index is 0.0333. The first kappa shape index (κ1) is 21.0. The summed E-state index contributed by atoms with van der Waals surface area (Å²) >= 11 is 3.36. The highest BCUT2D eigenvalue weighted by Crippen LogP contribution is 2.28. The van der Waals surface area contributed by atoms with Crippen LogP contribution in [0.25, 0.3) is 0 Å². The van der Waals surface area contributed by atoms with Gasteiger partial charge in [0.25, 0.3) is 11.8 Å². The van der Waals surface area contributed by atoms with Crippen molar-refractivity contribution in [2.24, 2.45) is 0 Å². The molecule has 150 valence electrons. The Morgan fingerprint density at radius 3 is 2.55 bits per heavy atom. The average molecular weight is 427 g/mol. The number of amides is 2. The zero-order valence-electron chi connectivity index (χ0n) is 16.0. The topological polar surface area (TPSA) is 67.4 Å². The Bertz CT molecular complexity index is 941. The molecule has 2 amide bonds. The van der Waals surface area contributed by atoms with Gasteiger partial charge in [-0.05, 0) is 54.8 Å². The summed E-state index contributed by atoms with van der Waals surface area (Å²) in [4.78, 5) is 26.4. The molecule has 7 heteroatoms. The summed E-state index contributed by atoms with van der Waals surface area (Å²) in [6.45, 7) is 2.39. The molecule has 2 N–H and O–H groups in total. The van der Waals surface area contributed by atoms with Crippen LogP contribution >= 0.6 is 23.1 Å². The molecule has 0 bridgehead atoms. The van der Waals surface area contributed by atoms with Crippen molar-refractivity contribution in [3.05, 3.63) is 76.5 Å². The van der Waals surface area contributed by atoms with E-state index in [2.05, 4.69) is 22.1 Å². The van der Waals surface area contributed by atoms with E-state index >= 15 is 0 Å². The van der Waals surface area contributed by atoms with Gasteiger partial charge in [0.1, 0.15) is 5.75 Å². The van der Waals surface area contributed by atoms with E-state index in [1.54, 1.807) is 47.4 Å². The standard InChI is InChI=1S/C22H22N2O3S2/c1-2-23-21(25)14-27-17-11-9-16(10-12-17)24-22(26)19-7-3-4-8-20(19)29-15-18-6-5-13-28-18/h3-13H,2,14-15H2,1H3,(H,23,25)(H,24,26). The molecule has 3 rings (SSSR count). The lowest BCUT2D eigenvalue weighted by molar-refractivity contribution is -0.122. The van der Waals surface area contributed by atoms with E-state index < -0.39 is 0 Å². The van der Waals surface area contributed by atoms with Gasteiger partial charge in [0.05, 0.1) is 5.56 Å². The molecule has 0 radical (unpaired) electrons. The maximum Gasteiger partial charge on any atom is 0.257 e. The van der Waals surface area contributed by atoms with Gasteiger partial charge < -0.3 is 15.4 Å². The first-order valence-corrected chi connectivity index (χ1v) is 11.1. The average Bonchev–Trinajstić information content (AvgIpc) is 3.26. The van der Waals surface area contributed by atoms with Gasteiger partial charge in [-0.25, -0.2) is 0 Å². The smallest absolute Gasteiger partial charge is 0.257 e. The van der Waals surface area contributed by atoms with Crippen LogP contribution in [0.1, 0.15) is 22.2 Å². The van der Waals surface area contributed by atoms with Crippen molar-refractivity contribution in [2.75, 3.05) is 18.5 Å². The first-order valence-electron chi connectivity index (χ1n) is 9.21. The molecule has 1 aromatic heterocycles. The summed E-state index contributed by atoms with van der Waals surface area (Å²) in [7, 11) is 0. The van der Waals surface area contributed by atoms with E-state index in [1.807, 2.05) is 37.3 Å². The molecule has 0 unspecified atom stereocenters. The zero-order valence-corrected chi connectivity index (χ0v) is 17.6. The second kappa shape index (κ2) is 10.7. The minimum Gasteiger partial charge on any atom is -0.484 e. The Balaban J connectivity index is 1.59. The van der Waals surface area contributed by atoms with Crippen LogP contribution in [0.4, 0.5) is 5.69 Å². The number of carbonyl (C=O) groups is 2. The molecule has 1 heterocycles. The molecule has 5 nitrogen and oxygen atoms in total. The molecule has 0 saturated carbocycles. The van der Waals surface area contributed by atoms with Crippen LogP contribution in [0.3, 0.4) is 0 Å². The Labute approximate surface area is 178 Å². The third-order valence-electron chi connectivity index (χ3n) is 3.94. The molecule has 0 fully saturated rings. The number of benzene rings is 2. The van der Waals surface area contributed by atoms with Gasteiger partial charge in [0.15, 0.2) is 6.61 Å². The number of hydrogen-bond donors (Lipinski definition) is 2. The second-order valence-corrected chi connectivity index (χ2v) is 8.13. The highest BCUT2D eigenvalue weighted by Gasteiger charge is 2.12. The number of thiophene rings is 1.